The second-order valence-electron chi connectivity index (χ2n) is 6.59. The summed E-state index contributed by atoms with van der Waals surface area (Å²) >= 11 is 0. The molecule has 0 spiro atoms. The number of nitrogens with one attached hydrogen (secondary N) is 1. The van der Waals surface area contributed by atoms with E-state index in [4.69, 9.17) is 0 Å². The van der Waals surface area contributed by atoms with E-state index in [0.717, 1.165) is 12.8 Å². The van der Waals surface area contributed by atoms with E-state index in [2.05, 4.69) is 19.2 Å². The molecular formula is C14H19NO3. The zero-order chi connectivity index (χ0) is 13.1. The summed E-state index contributed by atoms with van der Waals surface area (Å²) in [5, 5.41) is 12.3. The monoisotopic (exact) mass is 249 g/mol. The maximum absolute atomic E-state index is 12.3. The minimum Gasteiger partial charge on any atom is -0.481 e. The lowest BCUT2D eigenvalue weighted by molar-refractivity contribution is -0.147. The van der Waals surface area contributed by atoms with E-state index < -0.39 is 11.9 Å². The molecule has 2 bridgehead atoms. The molecule has 5 atom stereocenters. The summed E-state index contributed by atoms with van der Waals surface area (Å²) in [6.45, 7) is 4.24. The van der Waals surface area contributed by atoms with Crippen LogP contribution in [0.3, 0.4) is 0 Å². The maximum Gasteiger partial charge on any atom is 0.307 e. The van der Waals surface area contributed by atoms with E-state index >= 15 is 0 Å². The van der Waals surface area contributed by atoms with Crippen molar-refractivity contribution in [1.29, 1.82) is 0 Å². The van der Waals surface area contributed by atoms with E-state index in [9.17, 15) is 14.7 Å². The van der Waals surface area contributed by atoms with Gasteiger partial charge in [-0.3, -0.25) is 9.59 Å². The highest BCUT2D eigenvalue weighted by Crippen LogP contribution is 2.49. The molecule has 3 aliphatic rings. The second-order valence-corrected chi connectivity index (χ2v) is 6.59. The van der Waals surface area contributed by atoms with Crippen LogP contribution in [-0.4, -0.2) is 23.0 Å². The van der Waals surface area contributed by atoms with E-state index in [1.165, 1.54) is 0 Å². The molecule has 0 heterocycles. The fraction of sp³-hybridized carbons (Fsp3) is 0.714. The van der Waals surface area contributed by atoms with Gasteiger partial charge in [0.15, 0.2) is 0 Å². The molecule has 0 aliphatic heterocycles. The van der Waals surface area contributed by atoms with Gasteiger partial charge in [-0.2, -0.15) is 0 Å². The standard InChI is InChI=1S/C14H19NO3/c1-14(2)6-9(14)15-12(16)10-7-3-4-8(5-7)11(10)13(17)18/h3-4,7-11H,5-6H2,1-2H3,(H,15,16)(H,17,18)/t7?,8?,9?,10-,11+/m0/s1. The molecule has 0 radical (unpaired) electrons. The van der Waals surface area contributed by atoms with Crippen LogP contribution in [0.4, 0.5) is 0 Å². The van der Waals surface area contributed by atoms with Gasteiger partial charge in [0, 0.05) is 6.04 Å². The lowest BCUT2D eigenvalue weighted by Gasteiger charge is -2.24. The van der Waals surface area contributed by atoms with Gasteiger partial charge in [-0.25, -0.2) is 0 Å². The molecule has 3 unspecified atom stereocenters. The fourth-order valence-electron chi connectivity index (χ4n) is 3.50. The number of carboxylic acids is 1. The van der Waals surface area contributed by atoms with Gasteiger partial charge in [-0.15, -0.1) is 0 Å². The third kappa shape index (κ3) is 1.66. The Morgan fingerprint density at radius 3 is 2.28 bits per heavy atom. The highest BCUT2D eigenvalue weighted by Gasteiger charge is 2.54. The van der Waals surface area contributed by atoms with Crippen LogP contribution in [0.15, 0.2) is 12.2 Å². The quantitative estimate of drug-likeness (QED) is 0.743. The van der Waals surface area contributed by atoms with Crippen LogP contribution in [0.2, 0.25) is 0 Å². The zero-order valence-electron chi connectivity index (χ0n) is 10.7. The second kappa shape index (κ2) is 3.59. The summed E-state index contributed by atoms with van der Waals surface area (Å²) in [5.41, 5.74) is 0.182. The Labute approximate surface area is 106 Å². The molecule has 18 heavy (non-hydrogen) atoms. The predicted molar refractivity (Wildman–Crippen MR) is 65.7 cm³/mol. The van der Waals surface area contributed by atoms with Crippen molar-refractivity contribution in [3.8, 4) is 0 Å². The van der Waals surface area contributed by atoms with Crippen molar-refractivity contribution < 1.29 is 14.7 Å². The van der Waals surface area contributed by atoms with Crippen LogP contribution >= 0.6 is 0 Å². The third-order valence-electron chi connectivity index (χ3n) is 4.88. The first kappa shape index (κ1) is 11.8. The molecule has 0 aromatic heterocycles. The van der Waals surface area contributed by atoms with Crippen LogP contribution < -0.4 is 5.32 Å². The van der Waals surface area contributed by atoms with Gasteiger partial charge in [0.25, 0.3) is 0 Å². The number of allylic oxidation sites excluding steroid dienone is 2. The van der Waals surface area contributed by atoms with Gasteiger partial charge in [0.1, 0.15) is 0 Å². The van der Waals surface area contributed by atoms with Gasteiger partial charge < -0.3 is 10.4 Å². The lowest BCUT2D eigenvalue weighted by Crippen LogP contribution is -2.41. The summed E-state index contributed by atoms with van der Waals surface area (Å²) in [5.74, 6) is -1.61. The molecule has 3 aliphatic carbocycles. The van der Waals surface area contributed by atoms with E-state index in [1.807, 2.05) is 12.2 Å². The lowest BCUT2D eigenvalue weighted by atomic mass is 9.82. The van der Waals surface area contributed by atoms with Crippen molar-refractivity contribution in [1.82, 2.24) is 5.32 Å². The predicted octanol–water partition coefficient (Wildman–Crippen LogP) is 1.42. The molecule has 3 rings (SSSR count). The van der Waals surface area contributed by atoms with E-state index in [1.54, 1.807) is 0 Å². The van der Waals surface area contributed by atoms with Crippen molar-refractivity contribution >= 4 is 11.9 Å². The Hall–Kier alpha value is -1.32. The summed E-state index contributed by atoms with van der Waals surface area (Å²) in [4.78, 5) is 23.6. The topological polar surface area (TPSA) is 66.4 Å². The first-order chi connectivity index (χ1) is 8.40. The van der Waals surface area contributed by atoms with Crippen molar-refractivity contribution in [3.05, 3.63) is 12.2 Å². The normalized spacial score (nSPS) is 42.9. The van der Waals surface area contributed by atoms with Crippen molar-refractivity contribution in [3.63, 3.8) is 0 Å². The van der Waals surface area contributed by atoms with Crippen LogP contribution in [0.5, 0.6) is 0 Å². The molecular weight excluding hydrogens is 230 g/mol. The molecule has 0 aromatic rings. The summed E-state index contributed by atoms with van der Waals surface area (Å²) in [6, 6.07) is 0.225. The number of hydrogen-bond donors (Lipinski definition) is 2. The zero-order valence-corrected chi connectivity index (χ0v) is 10.7. The maximum atomic E-state index is 12.3. The average molecular weight is 249 g/mol. The number of rotatable bonds is 3. The molecule has 4 nitrogen and oxygen atoms in total. The molecule has 0 saturated heterocycles. The highest BCUT2D eigenvalue weighted by atomic mass is 16.4. The molecule has 4 heteroatoms. The fourth-order valence-corrected chi connectivity index (χ4v) is 3.50. The molecule has 1 amide bonds. The number of carbonyl (C=O) groups excluding carboxylic acids is 1. The van der Waals surface area contributed by atoms with Gasteiger partial charge in [0.2, 0.25) is 5.91 Å². The van der Waals surface area contributed by atoms with Gasteiger partial charge in [0.05, 0.1) is 11.8 Å². The Kier molecular flexibility index (Phi) is 2.34. The largest absolute Gasteiger partial charge is 0.481 e. The summed E-state index contributed by atoms with van der Waals surface area (Å²) < 4.78 is 0. The van der Waals surface area contributed by atoms with Crippen molar-refractivity contribution in [2.75, 3.05) is 0 Å². The third-order valence-corrected chi connectivity index (χ3v) is 4.88. The van der Waals surface area contributed by atoms with E-state index in [0.29, 0.717) is 0 Å². The number of fused-ring (bicyclic) bond motifs is 2. The highest BCUT2D eigenvalue weighted by molar-refractivity contribution is 5.87. The summed E-state index contributed by atoms with van der Waals surface area (Å²) in [7, 11) is 0. The molecule has 98 valence electrons. The number of aliphatic carboxylic acids is 1. The van der Waals surface area contributed by atoms with Crippen LogP contribution in [-0.2, 0) is 9.59 Å². The Balaban J connectivity index is 1.73. The number of carboxylic acid groups (broad SMARTS) is 1. The molecule has 2 N–H and O–H groups in total. The van der Waals surface area contributed by atoms with Crippen molar-refractivity contribution in [2.24, 2.45) is 29.1 Å². The molecule has 0 aromatic carbocycles. The number of carbonyl (C=O) groups is 2. The average Bonchev–Trinajstić information content (AvgIpc) is 2.73. The smallest absolute Gasteiger partial charge is 0.307 e. The van der Waals surface area contributed by atoms with Crippen LogP contribution in [0, 0.1) is 29.1 Å². The minimum atomic E-state index is -0.831. The van der Waals surface area contributed by atoms with Crippen molar-refractivity contribution in [2.45, 2.75) is 32.7 Å². The van der Waals surface area contributed by atoms with Crippen LogP contribution in [0.25, 0.3) is 0 Å². The van der Waals surface area contributed by atoms with Crippen LogP contribution in [0.1, 0.15) is 26.7 Å². The molecule has 2 saturated carbocycles. The molecule has 2 fully saturated rings. The summed E-state index contributed by atoms with van der Waals surface area (Å²) in [6.07, 6.45) is 5.80. The minimum absolute atomic E-state index is 0.0514. The van der Waals surface area contributed by atoms with E-state index in [-0.39, 0.29) is 35.1 Å². The Bertz CT molecular complexity index is 440. The van der Waals surface area contributed by atoms with Gasteiger partial charge in [-0.1, -0.05) is 26.0 Å². The van der Waals surface area contributed by atoms with Gasteiger partial charge in [-0.05, 0) is 30.1 Å². The number of amides is 1. The Morgan fingerprint density at radius 2 is 1.78 bits per heavy atom. The number of hydrogen-bond acceptors (Lipinski definition) is 2. The van der Waals surface area contributed by atoms with Gasteiger partial charge >= 0.3 is 5.97 Å². The first-order valence-electron chi connectivity index (χ1n) is 6.61. The Morgan fingerprint density at radius 1 is 1.22 bits per heavy atom. The first-order valence-corrected chi connectivity index (χ1v) is 6.61. The SMILES string of the molecule is CC1(C)CC1NC(=O)[C@H]1C2C=CC(C2)[C@H]1C(=O)O.